The first-order valence-electron chi connectivity index (χ1n) is 7.95. The van der Waals surface area contributed by atoms with E-state index in [-0.39, 0.29) is 5.91 Å². The number of fused-ring (bicyclic) bond motifs is 1. The molecule has 2 aromatic carbocycles. The summed E-state index contributed by atoms with van der Waals surface area (Å²) in [6, 6.07) is 15.3. The summed E-state index contributed by atoms with van der Waals surface area (Å²) in [7, 11) is 0. The van der Waals surface area contributed by atoms with Crippen LogP contribution in [-0.2, 0) is 4.79 Å². The molecule has 124 valence electrons. The Balaban J connectivity index is 1.64. The van der Waals surface area contributed by atoms with Gasteiger partial charge in [0.1, 0.15) is 11.5 Å². The van der Waals surface area contributed by atoms with E-state index in [2.05, 4.69) is 10.5 Å². The summed E-state index contributed by atoms with van der Waals surface area (Å²) in [5.74, 6) is 1.17. The van der Waals surface area contributed by atoms with E-state index >= 15 is 0 Å². The van der Waals surface area contributed by atoms with Crippen molar-refractivity contribution in [3.8, 4) is 11.5 Å². The van der Waals surface area contributed by atoms with Gasteiger partial charge in [-0.2, -0.15) is 5.10 Å². The number of carbonyl (C=O) groups is 1. The molecule has 1 amide bonds. The van der Waals surface area contributed by atoms with Crippen LogP contribution >= 0.6 is 0 Å². The number of nitrogens with one attached hydrogen (secondary N) is 1. The van der Waals surface area contributed by atoms with Gasteiger partial charge in [-0.05, 0) is 38.1 Å². The van der Waals surface area contributed by atoms with Gasteiger partial charge in [0.25, 0.3) is 5.91 Å². The zero-order valence-electron chi connectivity index (χ0n) is 13.8. The zero-order chi connectivity index (χ0) is 16.9. The maximum atomic E-state index is 12.2. The number of hydrogen-bond donors (Lipinski definition) is 1. The molecule has 0 fully saturated rings. The summed E-state index contributed by atoms with van der Waals surface area (Å²) in [5.41, 5.74) is 5.46. The van der Waals surface area contributed by atoms with Crippen LogP contribution in [0, 0.1) is 6.92 Å². The zero-order valence-corrected chi connectivity index (χ0v) is 13.8. The van der Waals surface area contributed by atoms with E-state index in [1.54, 1.807) is 6.92 Å². The fraction of sp³-hybridized carbons (Fsp3) is 0.263. The van der Waals surface area contributed by atoms with Crippen LogP contribution in [0.2, 0.25) is 0 Å². The smallest absolute Gasteiger partial charge is 0.280 e. The average Bonchev–Trinajstić information content (AvgIpc) is 2.61. The third-order valence-corrected chi connectivity index (χ3v) is 3.80. The van der Waals surface area contributed by atoms with Crippen molar-refractivity contribution in [2.24, 2.45) is 5.10 Å². The molecule has 0 aromatic heterocycles. The third kappa shape index (κ3) is 3.74. The Morgan fingerprint density at radius 2 is 1.96 bits per heavy atom. The van der Waals surface area contributed by atoms with Crippen LogP contribution in [0.15, 0.2) is 53.6 Å². The molecule has 1 aliphatic heterocycles. The molecule has 1 N–H and O–H groups in total. The van der Waals surface area contributed by atoms with Crippen LogP contribution in [0.5, 0.6) is 11.5 Å². The van der Waals surface area contributed by atoms with Crippen LogP contribution in [0.4, 0.5) is 0 Å². The highest BCUT2D eigenvalue weighted by molar-refractivity contribution is 6.04. The Morgan fingerprint density at radius 3 is 2.75 bits per heavy atom. The summed E-state index contributed by atoms with van der Waals surface area (Å²) < 4.78 is 11.2. The molecule has 3 rings (SSSR count). The number of ether oxygens (including phenoxy) is 2. The number of hydrazone groups is 1. The Morgan fingerprint density at radius 1 is 1.21 bits per heavy atom. The molecule has 0 radical (unpaired) electrons. The van der Waals surface area contributed by atoms with Gasteiger partial charge in [-0.15, -0.1) is 0 Å². The Labute approximate surface area is 141 Å². The Hall–Kier alpha value is -2.82. The molecule has 0 unspecified atom stereocenters. The minimum Gasteiger partial charge on any atom is -0.492 e. The maximum absolute atomic E-state index is 12.2. The van der Waals surface area contributed by atoms with Crippen LogP contribution < -0.4 is 14.9 Å². The van der Waals surface area contributed by atoms with E-state index in [0.717, 1.165) is 22.6 Å². The molecule has 1 aliphatic rings. The second-order valence-corrected chi connectivity index (χ2v) is 5.70. The van der Waals surface area contributed by atoms with Gasteiger partial charge in [-0.25, -0.2) is 5.43 Å². The van der Waals surface area contributed by atoms with E-state index in [1.165, 1.54) is 0 Å². The normalized spacial score (nSPS) is 16.0. The van der Waals surface area contributed by atoms with Crippen LogP contribution in [0.1, 0.15) is 24.5 Å². The van der Waals surface area contributed by atoms with Gasteiger partial charge in [0, 0.05) is 12.0 Å². The summed E-state index contributed by atoms with van der Waals surface area (Å²) in [4.78, 5) is 12.2. The van der Waals surface area contributed by atoms with Crippen LogP contribution in [0.3, 0.4) is 0 Å². The SMILES string of the molecule is Cc1ccc(O[C@H](C)C(=O)N/N=C2/CCOc3ccccc32)cc1. The van der Waals surface area contributed by atoms with E-state index in [4.69, 9.17) is 9.47 Å². The minimum atomic E-state index is -0.632. The van der Waals surface area contributed by atoms with Crippen molar-refractivity contribution < 1.29 is 14.3 Å². The van der Waals surface area contributed by atoms with Gasteiger partial charge in [0.15, 0.2) is 6.10 Å². The molecule has 0 saturated heterocycles. The quantitative estimate of drug-likeness (QED) is 0.879. The van der Waals surface area contributed by atoms with Gasteiger partial charge < -0.3 is 9.47 Å². The largest absolute Gasteiger partial charge is 0.492 e. The molecule has 24 heavy (non-hydrogen) atoms. The topological polar surface area (TPSA) is 59.9 Å². The van der Waals surface area contributed by atoms with Gasteiger partial charge in [0.05, 0.1) is 12.3 Å². The summed E-state index contributed by atoms with van der Waals surface area (Å²) in [6.45, 7) is 4.26. The molecule has 5 nitrogen and oxygen atoms in total. The fourth-order valence-corrected chi connectivity index (χ4v) is 2.43. The Bertz CT molecular complexity index is 753. The van der Waals surface area contributed by atoms with Gasteiger partial charge >= 0.3 is 0 Å². The number of rotatable bonds is 4. The van der Waals surface area contributed by atoms with E-state index < -0.39 is 6.10 Å². The van der Waals surface area contributed by atoms with Crippen LogP contribution in [-0.4, -0.2) is 24.3 Å². The van der Waals surface area contributed by atoms with Crippen molar-refractivity contribution >= 4 is 11.6 Å². The second kappa shape index (κ2) is 7.17. The first-order valence-corrected chi connectivity index (χ1v) is 7.95. The lowest BCUT2D eigenvalue weighted by Gasteiger charge is -2.19. The van der Waals surface area contributed by atoms with Crippen molar-refractivity contribution in [1.82, 2.24) is 5.43 Å². The lowest BCUT2D eigenvalue weighted by atomic mass is 10.0. The van der Waals surface area contributed by atoms with Crippen molar-refractivity contribution in [1.29, 1.82) is 0 Å². The highest BCUT2D eigenvalue weighted by Gasteiger charge is 2.18. The van der Waals surface area contributed by atoms with E-state index in [9.17, 15) is 4.79 Å². The standard InChI is InChI=1S/C19H20N2O3/c1-13-7-9-15(10-8-13)24-14(2)19(22)21-20-17-11-12-23-18-6-4-3-5-16(17)18/h3-10,14H,11-12H2,1-2H3,(H,21,22)/b20-17-/t14-/m1/s1. The molecular formula is C19H20N2O3. The number of para-hydroxylation sites is 1. The third-order valence-electron chi connectivity index (χ3n) is 3.80. The van der Waals surface area contributed by atoms with Crippen LogP contribution in [0.25, 0.3) is 0 Å². The monoisotopic (exact) mass is 324 g/mol. The predicted molar refractivity (Wildman–Crippen MR) is 92.5 cm³/mol. The number of nitrogens with zero attached hydrogens (tertiary/aromatic N) is 1. The number of aryl methyl sites for hydroxylation is 1. The molecule has 0 saturated carbocycles. The van der Waals surface area contributed by atoms with Crippen molar-refractivity contribution in [2.45, 2.75) is 26.4 Å². The van der Waals surface area contributed by atoms with E-state index in [0.29, 0.717) is 18.8 Å². The van der Waals surface area contributed by atoms with E-state index in [1.807, 2.05) is 55.5 Å². The molecule has 0 aliphatic carbocycles. The van der Waals surface area contributed by atoms with Crippen molar-refractivity contribution in [2.75, 3.05) is 6.61 Å². The molecule has 2 aromatic rings. The summed E-state index contributed by atoms with van der Waals surface area (Å²) in [5, 5.41) is 4.26. The lowest BCUT2D eigenvalue weighted by Crippen LogP contribution is -2.34. The Kier molecular flexibility index (Phi) is 4.79. The first-order chi connectivity index (χ1) is 11.6. The summed E-state index contributed by atoms with van der Waals surface area (Å²) in [6.07, 6.45) is 0.0250. The van der Waals surface area contributed by atoms with Gasteiger partial charge in [-0.3, -0.25) is 4.79 Å². The molecule has 5 heteroatoms. The number of hydrogen-bond acceptors (Lipinski definition) is 4. The predicted octanol–water partition coefficient (Wildman–Crippen LogP) is 3.07. The van der Waals surface area contributed by atoms with Gasteiger partial charge in [-0.1, -0.05) is 29.8 Å². The highest BCUT2D eigenvalue weighted by atomic mass is 16.5. The summed E-state index contributed by atoms with van der Waals surface area (Å²) >= 11 is 0. The highest BCUT2D eigenvalue weighted by Crippen LogP contribution is 2.24. The molecule has 1 atom stereocenters. The van der Waals surface area contributed by atoms with Crippen molar-refractivity contribution in [3.05, 3.63) is 59.7 Å². The average molecular weight is 324 g/mol. The number of carbonyl (C=O) groups excluding carboxylic acids is 1. The molecular weight excluding hydrogens is 304 g/mol. The molecule has 0 spiro atoms. The number of benzene rings is 2. The first kappa shape index (κ1) is 16.1. The lowest BCUT2D eigenvalue weighted by molar-refractivity contribution is -0.127. The minimum absolute atomic E-state index is 0.285. The fourth-order valence-electron chi connectivity index (χ4n) is 2.43. The molecule has 1 heterocycles. The van der Waals surface area contributed by atoms with Crippen molar-refractivity contribution in [3.63, 3.8) is 0 Å². The van der Waals surface area contributed by atoms with Gasteiger partial charge in [0.2, 0.25) is 0 Å². The number of amides is 1. The molecule has 0 bridgehead atoms. The maximum Gasteiger partial charge on any atom is 0.280 e. The second-order valence-electron chi connectivity index (χ2n) is 5.70.